The first-order chi connectivity index (χ1) is 7.34. The lowest BCUT2D eigenvalue weighted by atomic mass is 10.3. The maximum absolute atomic E-state index is 13.1. The summed E-state index contributed by atoms with van der Waals surface area (Å²) in [5.74, 6) is 0.835. The van der Waals surface area contributed by atoms with Crippen LogP contribution in [0.15, 0.2) is 29.0 Å². The van der Waals surface area contributed by atoms with E-state index in [-0.39, 0.29) is 0 Å². The minimum Gasteiger partial charge on any atom is -0.464 e. The molecule has 2 aromatic rings. The molecule has 0 spiro atoms. The van der Waals surface area contributed by atoms with Crippen LogP contribution in [0.3, 0.4) is 0 Å². The molecule has 0 amide bonds. The summed E-state index contributed by atoms with van der Waals surface area (Å²) in [7, 11) is 0. The van der Waals surface area contributed by atoms with Gasteiger partial charge >= 0.3 is 0 Å². The maximum atomic E-state index is 13.1. The number of aromatic nitrogens is 1. The Morgan fingerprint density at radius 1 is 1.47 bits per heavy atom. The van der Waals surface area contributed by atoms with Gasteiger partial charge in [0.25, 0.3) is 0 Å². The van der Waals surface area contributed by atoms with E-state index >= 15 is 0 Å². The lowest BCUT2D eigenvalue weighted by molar-refractivity contribution is 0.364. The molecule has 1 aliphatic heterocycles. The number of alkyl halides is 1. The third kappa shape index (κ3) is 1.37. The molecule has 3 nitrogen and oxygen atoms in total. The van der Waals surface area contributed by atoms with Gasteiger partial charge in [0.1, 0.15) is 17.6 Å². The summed E-state index contributed by atoms with van der Waals surface area (Å²) < 4.78 is 18.4. The highest BCUT2D eigenvalue weighted by Gasteiger charge is 2.24. The van der Waals surface area contributed by atoms with Gasteiger partial charge in [-0.25, -0.2) is 9.37 Å². The van der Waals surface area contributed by atoms with Gasteiger partial charge in [0, 0.05) is 12.7 Å². The molecule has 3 heterocycles. The van der Waals surface area contributed by atoms with Crippen molar-refractivity contribution in [3.63, 3.8) is 0 Å². The first kappa shape index (κ1) is 8.71. The normalized spacial score (nSPS) is 21.4. The van der Waals surface area contributed by atoms with E-state index in [1.807, 2.05) is 17.0 Å². The predicted octanol–water partition coefficient (Wildman–Crippen LogP) is 2.38. The molecule has 0 aliphatic carbocycles. The second kappa shape index (κ2) is 3.22. The molecule has 1 saturated heterocycles. The zero-order valence-corrected chi connectivity index (χ0v) is 8.19. The highest BCUT2D eigenvalue weighted by atomic mass is 19.1. The van der Waals surface area contributed by atoms with Gasteiger partial charge in [0.05, 0.1) is 18.2 Å². The molecule has 15 heavy (non-hydrogen) atoms. The molecule has 1 aliphatic rings. The summed E-state index contributed by atoms with van der Waals surface area (Å²) in [6.07, 6.45) is 3.20. The van der Waals surface area contributed by atoms with Crippen LogP contribution in [0.5, 0.6) is 0 Å². The number of hydrogen-bond acceptors (Lipinski definition) is 3. The Morgan fingerprint density at radius 3 is 3.20 bits per heavy atom. The molecular weight excluding hydrogens is 195 g/mol. The average molecular weight is 206 g/mol. The Kier molecular flexibility index (Phi) is 1.87. The smallest absolute Gasteiger partial charge is 0.139 e. The van der Waals surface area contributed by atoms with Crippen molar-refractivity contribution in [2.24, 2.45) is 0 Å². The number of fused-ring (bicyclic) bond motifs is 1. The zero-order valence-electron chi connectivity index (χ0n) is 8.19. The molecule has 4 heteroatoms. The van der Waals surface area contributed by atoms with E-state index in [0.29, 0.717) is 13.0 Å². The van der Waals surface area contributed by atoms with Crippen molar-refractivity contribution in [1.82, 2.24) is 4.98 Å². The summed E-state index contributed by atoms with van der Waals surface area (Å²) >= 11 is 0. The Hall–Kier alpha value is -1.58. The van der Waals surface area contributed by atoms with Crippen molar-refractivity contribution >= 4 is 16.8 Å². The van der Waals surface area contributed by atoms with Gasteiger partial charge in [-0.2, -0.15) is 0 Å². The topological polar surface area (TPSA) is 29.3 Å². The molecule has 1 unspecified atom stereocenters. The number of hydrogen-bond donors (Lipinski definition) is 0. The fourth-order valence-electron chi connectivity index (χ4n) is 2.04. The number of halogens is 1. The van der Waals surface area contributed by atoms with Gasteiger partial charge in [-0.1, -0.05) is 0 Å². The van der Waals surface area contributed by atoms with Gasteiger partial charge in [0.2, 0.25) is 0 Å². The summed E-state index contributed by atoms with van der Waals surface area (Å²) in [6, 6.07) is 3.70. The highest BCUT2D eigenvalue weighted by Crippen LogP contribution is 2.28. The number of pyridine rings is 1. The molecule has 0 saturated carbocycles. The van der Waals surface area contributed by atoms with E-state index in [0.717, 1.165) is 23.3 Å². The molecule has 1 atom stereocenters. The van der Waals surface area contributed by atoms with Crippen LogP contribution in [0.25, 0.3) is 11.0 Å². The van der Waals surface area contributed by atoms with Gasteiger partial charge in [-0.3, -0.25) is 0 Å². The minimum atomic E-state index is -0.728. The first-order valence-electron chi connectivity index (χ1n) is 5.06. The van der Waals surface area contributed by atoms with Crippen LogP contribution in [0.4, 0.5) is 10.2 Å². The summed E-state index contributed by atoms with van der Waals surface area (Å²) in [6.45, 7) is 1.18. The molecule has 0 N–H and O–H groups in total. The number of rotatable bonds is 1. The Balaban J connectivity index is 2.06. The summed E-state index contributed by atoms with van der Waals surface area (Å²) in [4.78, 5) is 6.27. The SMILES string of the molecule is FC1CCN(c2nccc3occc23)C1. The van der Waals surface area contributed by atoms with E-state index in [2.05, 4.69) is 4.98 Å². The standard InChI is InChI=1S/C11H11FN2O/c12-8-2-5-14(7-8)11-9-3-6-15-10(9)1-4-13-11/h1,3-4,6,8H,2,5,7H2. The van der Waals surface area contributed by atoms with Gasteiger partial charge in [-0.15, -0.1) is 0 Å². The van der Waals surface area contributed by atoms with Crippen LogP contribution in [0.1, 0.15) is 6.42 Å². The van der Waals surface area contributed by atoms with Crippen LogP contribution < -0.4 is 4.90 Å². The van der Waals surface area contributed by atoms with E-state index in [9.17, 15) is 4.39 Å². The Labute approximate surface area is 86.5 Å². The van der Waals surface area contributed by atoms with Crippen molar-refractivity contribution in [2.75, 3.05) is 18.0 Å². The van der Waals surface area contributed by atoms with E-state index < -0.39 is 6.17 Å². The van der Waals surface area contributed by atoms with Gasteiger partial charge in [0.15, 0.2) is 0 Å². The van der Waals surface area contributed by atoms with Crippen LogP contribution in [0, 0.1) is 0 Å². The summed E-state index contributed by atoms with van der Waals surface area (Å²) in [5.41, 5.74) is 0.808. The maximum Gasteiger partial charge on any atom is 0.139 e. The molecule has 0 radical (unpaired) electrons. The summed E-state index contributed by atoms with van der Waals surface area (Å²) in [5, 5.41) is 0.964. The molecule has 3 rings (SSSR count). The second-order valence-electron chi connectivity index (χ2n) is 3.80. The number of anilines is 1. The van der Waals surface area contributed by atoms with Crippen molar-refractivity contribution < 1.29 is 8.81 Å². The van der Waals surface area contributed by atoms with Crippen LogP contribution in [0.2, 0.25) is 0 Å². The predicted molar refractivity (Wildman–Crippen MR) is 55.7 cm³/mol. The Morgan fingerprint density at radius 2 is 2.40 bits per heavy atom. The third-order valence-electron chi connectivity index (χ3n) is 2.79. The van der Waals surface area contributed by atoms with Crippen LogP contribution in [-0.4, -0.2) is 24.2 Å². The lowest BCUT2D eigenvalue weighted by Gasteiger charge is -2.16. The molecule has 0 bridgehead atoms. The largest absolute Gasteiger partial charge is 0.464 e. The molecule has 0 aromatic carbocycles. The van der Waals surface area contributed by atoms with Crippen molar-refractivity contribution in [1.29, 1.82) is 0 Å². The van der Waals surface area contributed by atoms with Gasteiger partial charge < -0.3 is 9.32 Å². The van der Waals surface area contributed by atoms with Crippen molar-refractivity contribution in [3.8, 4) is 0 Å². The van der Waals surface area contributed by atoms with Crippen molar-refractivity contribution in [3.05, 3.63) is 24.6 Å². The molecular formula is C11H11FN2O. The molecule has 2 aromatic heterocycles. The molecule has 1 fully saturated rings. The molecule has 78 valence electrons. The Bertz CT molecular complexity index is 482. The quantitative estimate of drug-likeness (QED) is 0.717. The van der Waals surface area contributed by atoms with Crippen LogP contribution >= 0.6 is 0 Å². The number of nitrogens with zero attached hydrogens (tertiary/aromatic N) is 2. The fraction of sp³-hybridized carbons (Fsp3) is 0.364. The monoisotopic (exact) mass is 206 g/mol. The van der Waals surface area contributed by atoms with Gasteiger partial charge in [-0.05, 0) is 18.6 Å². The highest BCUT2D eigenvalue weighted by molar-refractivity contribution is 5.88. The second-order valence-corrected chi connectivity index (χ2v) is 3.80. The van der Waals surface area contributed by atoms with E-state index in [1.165, 1.54) is 0 Å². The van der Waals surface area contributed by atoms with E-state index in [4.69, 9.17) is 4.42 Å². The number of furan rings is 1. The van der Waals surface area contributed by atoms with Crippen molar-refractivity contribution in [2.45, 2.75) is 12.6 Å². The average Bonchev–Trinajstić information content (AvgIpc) is 2.84. The van der Waals surface area contributed by atoms with Crippen LogP contribution in [-0.2, 0) is 0 Å². The fourth-order valence-corrected chi connectivity index (χ4v) is 2.04. The first-order valence-corrected chi connectivity index (χ1v) is 5.06. The lowest BCUT2D eigenvalue weighted by Crippen LogP contribution is -2.21. The third-order valence-corrected chi connectivity index (χ3v) is 2.79. The zero-order chi connectivity index (χ0) is 10.3. The van der Waals surface area contributed by atoms with E-state index in [1.54, 1.807) is 12.5 Å². The minimum absolute atomic E-state index is 0.442.